The highest BCUT2D eigenvalue weighted by atomic mass is 35.5. The Bertz CT molecular complexity index is 538. The van der Waals surface area contributed by atoms with E-state index in [0.29, 0.717) is 32.8 Å². The van der Waals surface area contributed by atoms with E-state index in [1.165, 1.54) is 0 Å². The first-order valence-electron chi connectivity index (χ1n) is 8.23. The topological polar surface area (TPSA) is 54.0 Å². The molecule has 0 aliphatic carbocycles. The van der Waals surface area contributed by atoms with Crippen molar-refractivity contribution >= 4 is 18.3 Å². The molecule has 134 valence electrons. The lowest BCUT2D eigenvalue weighted by Gasteiger charge is -2.38. The van der Waals surface area contributed by atoms with Gasteiger partial charge in [0.05, 0.1) is 32.9 Å². The van der Waals surface area contributed by atoms with E-state index in [1.807, 2.05) is 23.1 Å². The van der Waals surface area contributed by atoms with Gasteiger partial charge in [0.15, 0.2) is 0 Å². The quantitative estimate of drug-likeness (QED) is 0.870. The highest BCUT2D eigenvalue weighted by Gasteiger charge is 2.29. The third kappa shape index (κ3) is 4.39. The molecule has 24 heavy (non-hydrogen) atoms. The van der Waals surface area contributed by atoms with Crippen molar-refractivity contribution in [1.82, 2.24) is 15.1 Å². The van der Waals surface area contributed by atoms with Crippen LogP contribution in [0.3, 0.4) is 0 Å². The van der Waals surface area contributed by atoms with Crippen LogP contribution in [0.4, 0.5) is 0 Å². The number of piperazine rings is 1. The molecule has 1 amide bonds. The van der Waals surface area contributed by atoms with E-state index in [-0.39, 0.29) is 24.4 Å². The standard InChI is InChI=1S/C17H25N3O3.ClH/c1-22-16-5-3-2-4-14(16)15-12-18-6-7-20(15)13-17(21)19-8-10-23-11-9-19;/h2-5,15,18H,6-13H2,1H3;1H. The Hall–Kier alpha value is -1.34. The fraction of sp³-hybridized carbons (Fsp3) is 0.588. The number of morpholine rings is 1. The first kappa shape index (κ1) is 19.0. The third-order valence-corrected chi connectivity index (χ3v) is 4.55. The van der Waals surface area contributed by atoms with Crippen molar-refractivity contribution in [3.63, 3.8) is 0 Å². The van der Waals surface area contributed by atoms with Gasteiger partial charge in [-0.25, -0.2) is 0 Å². The number of carbonyl (C=O) groups excluding carboxylic acids is 1. The number of ether oxygens (including phenoxy) is 2. The number of rotatable bonds is 4. The Morgan fingerprint density at radius 1 is 1.29 bits per heavy atom. The molecule has 1 aromatic carbocycles. The summed E-state index contributed by atoms with van der Waals surface area (Å²) in [6.45, 7) is 5.73. The van der Waals surface area contributed by atoms with Crippen LogP contribution < -0.4 is 10.1 Å². The van der Waals surface area contributed by atoms with Crippen LogP contribution in [0, 0.1) is 0 Å². The number of para-hydroxylation sites is 1. The Kier molecular flexibility index (Phi) is 7.30. The molecule has 6 nitrogen and oxygen atoms in total. The molecular weight excluding hydrogens is 330 g/mol. The number of methoxy groups -OCH3 is 1. The summed E-state index contributed by atoms with van der Waals surface area (Å²) in [4.78, 5) is 16.7. The fourth-order valence-corrected chi connectivity index (χ4v) is 3.27. The predicted octanol–water partition coefficient (Wildman–Crippen LogP) is 0.922. The zero-order chi connectivity index (χ0) is 16.1. The molecule has 1 atom stereocenters. The van der Waals surface area contributed by atoms with Crippen LogP contribution in [0.25, 0.3) is 0 Å². The maximum Gasteiger partial charge on any atom is 0.236 e. The number of carbonyl (C=O) groups is 1. The van der Waals surface area contributed by atoms with Gasteiger partial charge < -0.3 is 19.7 Å². The molecule has 1 aromatic rings. The van der Waals surface area contributed by atoms with Crippen molar-refractivity contribution in [2.24, 2.45) is 0 Å². The van der Waals surface area contributed by atoms with Gasteiger partial charge in [0.2, 0.25) is 5.91 Å². The van der Waals surface area contributed by atoms with Gasteiger partial charge in [-0.05, 0) is 6.07 Å². The first-order valence-corrected chi connectivity index (χ1v) is 8.23. The number of nitrogens with one attached hydrogen (secondary N) is 1. The van der Waals surface area contributed by atoms with E-state index in [1.54, 1.807) is 7.11 Å². The van der Waals surface area contributed by atoms with Gasteiger partial charge in [-0.3, -0.25) is 9.69 Å². The zero-order valence-electron chi connectivity index (χ0n) is 14.1. The van der Waals surface area contributed by atoms with Crippen LogP contribution in [-0.4, -0.2) is 75.3 Å². The lowest BCUT2D eigenvalue weighted by Crippen LogP contribution is -2.51. The molecule has 0 radical (unpaired) electrons. The van der Waals surface area contributed by atoms with Crippen LogP contribution in [0.15, 0.2) is 24.3 Å². The number of halogens is 1. The summed E-state index contributed by atoms with van der Waals surface area (Å²) in [6, 6.07) is 8.22. The first-order chi connectivity index (χ1) is 11.3. The normalized spacial score (nSPS) is 21.9. The molecule has 7 heteroatoms. The summed E-state index contributed by atoms with van der Waals surface area (Å²) in [7, 11) is 1.69. The summed E-state index contributed by atoms with van der Waals surface area (Å²) >= 11 is 0. The molecule has 2 aliphatic rings. The van der Waals surface area contributed by atoms with E-state index in [9.17, 15) is 4.79 Å². The van der Waals surface area contributed by atoms with Gasteiger partial charge in [0.25, 0.3) is 0 Å². The number of benzene rings is 1. The van der Waals surface area contributed by atoms with Gasteiger partial charge in [-0.1, -0.05) is 18.2 Å². The van der Waals surface area contributed by atoms with Gasteiger partial charge in [-0.15, -0.1) is 12.4 Å². The second-order valence-electron chi connectivity index (χ2n) is 5.93. The zero-order valence-corrected chi connectivity index (χ0v) is 14.9. The average Bonchev–Trinajstić information content (AvgIpc) is 2.63. The molecule has 2 fully saturated rings. The van der Waals surface area contributed by atoms with E-state index in [2.05, 4.69) is 16.3 Å². The number of hydrogen-bond donors (Lipinski definition) is 1. The maximum absolute atomic E-state index is 12.6. The number of nitrogens with zero attached hydrogens (tertiary/aromatic N) is 2. The van der Waals surface area contributed by atoms with Crippen molar-refractivity contribution < 1.29 is 14.3 Å². The molecule has 0 aromatic heterocycles. The monoisotopic (exact) mass is 355 g/mol. The Morgan fingerprint density at radius 3 is 2.79 bits per heavy atom. The Labute approximate surface area is 149 Å². The van der Waals surface area contributed by atoms with Gasteiger partial charge in [-0.2, -0.15) is 0 Å². The van der Waals surface area contributed by atoms with Gasteiger partial charge in [0, 0.05) is 38.3 Å². The van der Waals surface area contributed by atoms with Crippen molar-refractivity contribution in [3.8, 4) is 5.75 Å². The Morgan fingerprint density at radius 2 is 2.04 bits per heavy atom. The highest BCUT2D eigenvalue weighted by molar-refractivity contribution is 5.85. The van der Waals surface area contributed by atoms with Crippen LogP contribution in [0.5, 0.6) is 5.75 Å². The molecule has 2 aliphatic heterocycles. The maximum atomic E-state index is 12.6. The minimum Gasteiger partial charge on any atom is -0.496 e. The molecule has 1 N–H and O–H groups in total. The lowest BCUT2D eigenvalue weighted by atomic mass is 10.0. The second kappa shape index (κ2) is 9.22. The van der Waals surface area contributed by atoms with Gasteiger partial charge in [0.1, 0.15) is 5.75 Å². The molecular formula is C17H26ClN3O3. The molecule has 3 rings (SSSR count). The van der Waals surface area contributed by atoms with Crippen LogP contribution in [0.2, 0.25) is 0 Å². The summed E-state index contributed by atoms with van der Waals surface area (Å²) in [5.74, 6) is 1.07. The van der Waals surface area contributed by atoms with E-state index >= 15 is 0 Å². The van der Waals surface area contributed by atoms with Crippen molar-refractivity contribution in [3.05, 3.63) is 29.8 Å². The third-order valence-electron chi connectivity index (χ3n) is 4.55. The van der Waals surface area contributed by atoms with E-state index in [0.717, 1.165) is 30.9 Å². The average molecular weight is 356 g/mol. The summed E-state index contributed by atoms with van der Waals surface area (Å²) in [6.07, 6.45) is 0. The minimum absolute atomic E-state index is 0. The lowest BCUT2D eigenvalue weighted by molar-refractivity contribution is -0.137. The van der Waals surface area contributed by atoms with Crippen molar-refractivity contribution in [2.75, 3.05) is 59.6 Å². The van der Waals surface area contributed by atoms with Crippen molar-refractivity contribution in [1.29, 1.82) is 0 Å². The fourth-order valence-electron chi connectivity index (χ4n) is 3.27. The SMILES string of the molecule is COc1ccccc1C1CNCCN1CC(=O)N1CCOCC1.Cl. The molecule has 1 unspecified atom stereocenters. The van der Waals surface area contributed by atoms with Crippen LogP contribution in [-0.2, 0) is 9.53 Å². The summed E-state index contributed by atoms with van der Waals surface area (Å²) < 4.78 is 10.8. The number of hydrogen-bond acceptors (Lipinski definition) is 5. The molecule has 2 saturated heterocycles. The van der Waals surface area contributed by atoms with Gasteiger partial charge >= 0.3 is 0 Å². The minimum atomic E-state index is 0. The van der Waals surface area contributed by atoms with E-state index < -0.39 is 0 Å². The van der Waals surface area contributed by atoms with E-state index in [4.69, 9.17) is 9.47 Å². The predicted molar refractivity (Wildman–Crippen MR) is 94.8 cm³/mol. The second-order valence-corrected chi connectivity index (χ2v) is 5.93. The smallest absolute Gasteiger partial charge is 0.236 e. The molecule has 2 heterocycles. The Balaban J connectivity index is 0.00000208. The molecule has 0 saturated carbocycles. The van der Waals surface area contributed by atoms with Crippen LogP contribution in [0.1, 0.15) is 11.6 Å². The number of amides is 1. The molecule has 0 bridgehead atoms. The van der Waals surface area contributed by atoms with Crippen LogP contribution >= 0.6 is 12.4 Å². The van der Waals surface area contributed by atoms with Crippen molar-refractivity contribution in [2.45, 2.75) is 6.04 Å². The summed E-state index contributed by atoms with van der Waals surface area (Å²) in [5.41, 5.74) is 1.14. The highest BCUT2D eigenvalue weighted by Crippen LogP contribution is 2.30. The summed E-state index contributed by atoms with van der Waals surface area (Å²) in [5, 5.41) is 3.43. The largest absolute Gasteiger partial charge is 0.496 e. The molecule has 0 spiro atoms.